The van der Waals surface area contributed by atoms with Gasteiger partial charge in [0.1, 0.15) is 0 Å². The summed E-state index contributed by atoms with van der Waals surface area (Å²) in [5.41, 5.74) is 8.15. The quantitative estimate of drug-likeness (QED) is 0.881. The molecule has 0 fully saturated rings. The van der Waals surface area contributed by atoms with Gasteiger partial charge in [-0.05, 0) is 18.2 Å². The molecular weight excluding hydrogens is 280 g/mol. The Balaban J connectivity index is 0.000000444. The van der Waals surface area contributed by atoms with E-state index in [2.05, 4.69) is 9.72 Å². The van der Waals surface area contributed by atoms with Crippen molar-refractivity contribution in [3.05, 3.63) is 41.6 Å². The third-order valence-corrected chi connectivity index (χ3v) is 2.61. The standard InChI is InChI=1S/C12H11ClN2O.C2H4O2/c1-16-12-7-15-11(6-10(12)14)8-2-4-9(13)5-3-8;1-4-2-3/h2-7H,1H3,(H2,14,15);2H,1H3. The van der Waals surface area contributed by atoms with Crippen LogP contribution in [0.3, 0.4) is 0 Å². The van der Waals surface area contributed by atoms with E-state index in [0.29, 0.717) is 22.9 Å². The van der Waals surface area contributed by atoms with Crippen molar-refractivity contribution in [2.75, 3.05) is 20.0 Å². The van der Waals surface area contributed by atoms with Crippen molar-refractivity contribution in [2.24, 2.45) is 0 Å². The number of hydrogen-bond donors (Lipinski definition) is 1. The number of carbonyl (C=O) groups excluding carboxylic acids is 1. The molecule has 2 N–H and O–H groups in total. The molecule has 0 aliphatic carbocycles. The highest BCUT2D eigenvalue weighted by molar-refractivity contribution is 6.30. The SMILES string of the molecule is COC=O.COc1cnc(-c2ccc(Cl)cc2)cc1N. The molecule has 0 saturated heterocycles. The summed E-state index contributed by atoms with van der Waals surface area (Å²) in [4.78, 5) is 13.2. The minimum Gasteiger partial charge on any atom is -0.493 e. The molecule has 1 aromatic carbocycles. The zero-order valence-corrected chi connectivity index (χ0v) is 11.9. The van der Waals surface area contributed by atoms with Crippen molar-refractivity contribution in [1.29, 1.82) is 0 Å². The van der Waals surface area contributed by atoms with Gasteiger partial charge in [0.2, 0.25) is 0 Å². The number of benzene rings is 1. The van der Waals surface area contributed by atoms with Crippen LogP contribution in [-0.4, -0.2) is 25.7 Å². The average Bonchev–Trinajstić information content (AvgIpc) is 2.48. The van der Waals surface area contributed by atoms with Crippen LogP contribution in [0.1, 0.15) is 0 Å². The van der Waals surface area contributed by atoms with Gasteiger partial charge in [-0.3, -0.25) is 9.78 Å². The highest BCUT2D eigenvalue weighted by Gasteiger charge is 2.04. The first-order chi connectivity index (χ1) is 9.62. The fourth-order valence-electron chi connectivity index (χ4n) is 1.41. The zero-order valence-electron chi connectivity index (χ0n) is 11.2. The average molecular weight is 295 g/mol. The van der Waals surface area contributed by atoms with Crippen molar-refractivity contribution in [2.45, 2.75) is 0 Å². The summed E-state index contributed by atoms with van der Waals surface area (Å²) < 4.78 is 8.91. The molecule has 2 rings (SSSR count). The lowest BCUT2D eigenvalue weighted by Gasteiger charge is -2.06. The van der Waals surface area contributed by atoms with E-state index in [-0.39, 0.29) is 0 Å². The van der Waals surface area contributed by atoms with Gasteiger partial charge in [-0.15, -0.1) is 0 Å². The Hall–Kier alpha value is -2.27. The number of nitrogens with zero attached hydrogens (tertiary/aromatic N) is 1. The number of aromatic nitrogens is 1. The summed E-state index contributed by atoms with van der Waals surface area (Å²) in [7, 11) is 2.88. The Morgan fingerprint density at radius 1 is 1.25 bits per heavy atom. The lowest BCUT2D eigenvalue weighted by molar-refractivity contribution is -0.126. The van der Waals surface area contributed by atoms with Crippen LogP contribution in [-0.2, 0) is 9.53 Å². The number of pyridine rings is 1. The van der Waals surface area contributed by atoms with E-state index in [1.54, 1.807) is 19.4 Å². The summed E-state index contributed by atoms with van der Waals surface area (Å²) in [6, 6.07) is 9.22. The third kappa shape index (κ3) is 4.44. The smallest absolute Gasteiger partial charge is 0.292 e. The molecule has 0 aliphatic heterocycles. The van der Waals surface area contributed by atoms with Crippen LogP contribution in [0.15, 0.2) is 36.5 Å². The molecule has 0 amide bonds. The summed E-state index contributed by atoms with van der Waals surface area (Å²) in [5.74, 6) is 0.581. The zero-order chi connectivity index (χ0) is 15.0. The second kappa shape index (κ2) is 8.01. The van der Waals surface area contributed by atoms with Gasteiger partial charge in [0.15, 0.2) is 5.75 Å². The number of hydrogen-bond acceptors (Lipinski definition) is 5. The second-order valence-electron chi connectivity index (χ2n) is 3.65. The molecule has 1 heterocycles. The van der Waals surface area contributed by atoms with E-state index in [1.807, 2.05) is 24.3 Å². The van der Waals surface area contributed by atoms with Crippen LogP contribution >= 0.6 is 11.6 Å². The molecule has 0 radical (unpaired) electrons. The fraction of sp³-hybridized carbons (Fsp3) is 0.143. The van der Waals surface area contributed by atoms with Crippen LogP contribution in [0.25, 0.3) is 11.3 Å². The molecule has 6 heteroatoms. The highest BCUT2D eigenvalue weighted by Crippen LogP contribution is 2.26. The maximum Gasteiger partial charge on any atom is 0.292 e. The van der Waals surface area contributed by atoms with E-state index in [9.17, 15) is 0 Å². The molecule has 0 bridgehead atoms. The molecule has 1 aromatic heterocycles. The van der Waals surface area contributed by atoms with Crippen molar-refractivity contribution < 1.29 is 14.3 Å². The lowest BCUT2D eigenvalue weighted by Crippen LogP contribution is -1.94. The molecule has 106 valence electrons. The van der Waals surface area contributed by atoms with Crippen LogP contribution in [0.4, 0.5) is 5.69 Å². The maximum absolute atomic E-state index is 8.95. The minimum absolute atomic E-state index is 0.375. The molecule has 0 atom stereocenters. The van der Waals surface area contributed by atoms with Crippen molar-refractivity contribution in [1.82, 2.24) is 4.98 Å². The molecule has 20 heavy (non-hydrogen) atoms. The van der Waals surface area contributed by atoms with Gasteiger partial charge in [0, 0.05) is 10.6 Å². The van der Waals surface area contributed by atoms with Crippen LogP contribution in [0.2, 0.25) is 5.02 Å². The maximum atomic E-state index is 8.95. The summed E-state index contributed by atoms with van der Waals surface area (Å²) in [6.45, 7) is 0.375. The summed E-state index contributed by atoms with van der Waals surface area (Å²) in [5, 5.41) is 0.699. The van der Waals surface area contributed by atoms with Crippen LogP contribution < -0.4 is 10.5 Å². The number of carbonyl (C=O) groups is 1. The summed E-state index contributed by atoms with van der Waals surface area (Å²) >= 11 is 5.81. The van der Waals surface area contributed by atoms with Gasteiger partial charge < -0.3 is 15.2 Å². The van der Waals surface area contributed by atoms with Gasteiger partial charge in [0.05, 0.1) is 31.8 Å². The Bertz CT molecular complexity index is 559. The fourth-order valence-corrected chi connectivity index (χ4v) is 1.53. The largest absolute Gasteiger partial charge is 0.493 e. The van der Waals surface area contributed by atoms with Crippen molar-refractivity contribution in [3.63, 3.8) is 0 Å². The number of methoxy groups -OCH3 is 2. The molecule has 0 saturated carbocycles. The number of nitrogens with two attached hydrogens (primary N) is 1. The molecule has 0 spiro atoms. The number of rotatable bonds is 3. The van der Waals surface area contributed by atoms with Gasteiger partial charge in [-0.1, -0.05) is 23.7 Å². The van der Waals surface area contributed by atoms with Gasteiger partial charge >= 0.3 is 0 Å². The Morgan fingerprint density at radius 3 is 2.30 bits per heavy atom. The molecular formula is C14H15ClN2O3. The lowest BCUT2D eigenvalue weighted by atomic mass is 10.1. The Labute approximate surface area is 122 Å². The molecule has 0 aliphatic rings. The Kier molecular flexibility index (Phi) is 6.32. The minimum atomic E-state index is 0.375. The topological polar surface area (TPSA) is 74.4 Å². The predicted molar refractivity (Wildman–Crippen MR) is 78.7 cm³/mol. The van der Waals surface area contributed by atoms with E-state index in [1.165, 1.54) is 7.11 Å². The first-order valence-corrected chi connectivity index (χ1v) is 6.02. The first-order valence-electron chi connectivity index (χ1n) is 5.64. The number of anilines is 1. The van der Waals surface area contributed by atoms with Crippen LogP contribution in [0, 0.1) is 0 Å². The molecule has 2 aromatic rings. The van der Waals surface area contributed by atoms with Gasteiger partial charge in [-0.2, -0.15) is 0 Å². The predicted octanol–water partition coefficient (Wildman–Crippen LogP) is 2.78. The van der Waals surface area contributed by atoms with Crippen molar-refractivity contribution >= 4 is 23.8 Å². The summed E-state index contributed by atoms with van der Waals surface area (Å²) in [6.07, 6.45) is 1.61. The normalized spacial score (nSPS) is 9.15. The number of ether oxygens (including phenoxy) is 2. The van der Waals surface area contributed by atoms with E-state index in [4.69, 9.17) is 26.9 Å². The van der Waals surface area contributed by atoms with E-state index < -0.39 is 0 Å². The van der Waals surface area contributed by atoms with Crippen molar-refractivity contribution in [3.8, 4) is 17.0 Å². The number of halogens is 1. The second-order valence-corrected chi connectivity index (χ2v) is 4.09. The monoisotopic (exact) mass is 294 g/mol. The van der Waals surface area contributed by atoms with Gasteiger partial charge in [0.25, 0.3) is 6.47 Å². The Morgan fingerprint density at radius 2 is 1.85 bits per heavy atom. The third-order valence-electron chi connectivity index (χ3n) is 2.35. The highest BCUT2D eigenvalue weighted by atomic mass is 35.5. The molecule has 0 unspecified atom stereocenters. The van der Waals surface area contributed by atoms with Crippen LogP contribution in [0.5, 0.6) is 5.75 Å². The molecule has 5 nitrogen and oxygen atoms in total. The number of nitrogen functional groups attached to an aromatic ring is 1. The van der Waals surface area contributed by atoms with E-state index >= 15 is 0 Å². The first kappa shape index (κ1) is 15.8. The van der Waals surface area contributed by atoms with E-state index in [0.717, 1.165) is 11.3 Å². The van der Waals surface area contributed by atoms with Gasteiger partial charge in [-0.25, -0.2) is 0 Å².